The van der Waals surface area contributed by atoms with Crippen molar-refractivity contribution in [1.29, 1.82) is 5.26 Å². The van der Waals surface area contributed by atoms with E-state index < -0.39 is 0 Å². The summed E-state index contributed by atoms with van der Waals surface area (Å²) in [5.74, 6) is 0. The van der Waals surface area contributed by atoms with Crippen molar-refractivity contribution in [2.75, 3.05) is 0 Å². The van der Waals surface area contributed by atoms with Gasteiger partial charge in [0.2, 0.25) is 0 Å². The lowest BCUT2D eigenvalue weighted by Gasteiger charge is -2.04. The molecule has 3 aromatic rings. The summed E-state index contributed by atoms with van der Waals surface area (Å²) in [4.78, 5) is 15.3. The number of hydrogen-bond acceptors (Lipinski definition) is 2. The van der Waals surface area contributed by atoms with Crippen LogP contribution in [0, 0.1) is 11.3 Å². The number of hydrogen-bond donors (Lipinski definition) is 1. The molecule has 0 unspecified atom stereocenters. The third-order valence-electron chi connectivity index (χ3n) is 3.06. The maximum atomic E-state index is 12.0. The Kier molecular flexibility index (Phi) is 2.62. The van der Waals surface area contributed by atoms with Gasteiger partial charge in [0.05, 0.1) is 11.6 Å². The van der Waals surface area contributed by atoms with E-state index in [0.29, 0.717) is 10.9 Å². The van der Waals surface area contributed by atoms with Gasteiger partial charge >= 0.3 is 0 Å². The summed E-state index contributed by atoms with van der Waals surface area (Å²) < 4.78 is 0. The van der Waals surface area contributed by atoms with Gasteiger partial charge in [0.15, 0.2) is 5.43 Å². The summed E-state index contributed by atoms with van der Waals surface area (Å²) >= 11 is 0. The molecule has 3 heteroatoms. The third kappa shape index (κ3) is 2.00. The van der Waals surface area contributed by atoms with Gasteiger partial charge in [-0.3, -0.25) is 4.79 Å². The van der Waals surface area contributed by atoms with Crippen molar-refractivity contribution in [1.82, 2.24) is 4.98 Å². The number of rotatable bonds is 1. The van der Waals surface area contributed by atoms with Gasteiger partial charge in [-0.1, -0.05) is 24.3 Å². The minimum Gasteiger partial charge on any atom is -0.354 e. The van der Waals surface area contributed by atoms with Crippen LogP contribution in [0.1, 0.15) is 5.56 Å². The zero-order chi connectivity index (χ0) is 13.2. The maximum Gasteiger partial charge on any atom is 0.190 e. The number of aromatic amines is 1. The van der Waals surface area contributed by atoms with Gasteiger partial charge < -0.3 is 4.98 Å². The fourth-order valence-corrected chi connectivity index (χ4v) is 2.08. The Hall–Kier alpha value is -2.86. The summed E-state index contributed by atoms with van der Waals surface area (Å²) in [5.41, 5.74) is 3.06. The van der Waals surface area contributed by atoms with Crippen LogP contribution >= 0.6 is 0 Å². The Morgan fingerprint density at radius 1 is 1.00 bits per heavy atom. The summed E-state index contributed by atoms with van der Waals surface area (Å²) in [5, 5.41) is 9.46. The van der Waals surface area contributed by atoms with E-state index in [4.69, 9.17) is 5.26 Å². The van der Waals surface area contributed by atoms with E-state index in [-0.39, 0.29) is 5.43 Å². The predicted octanol–water partition coefficient (Wildman–Crippen LogP) is 3.07. The summed E-state index contributed by atoms with van der Waals surface area (Å²) in [6.07, 6.45) is 0. The molecule has 0 spiro atoms. The smallest absolute Gasteiger partial charge is 0.190 e. The van der Waals surface area contributed by atoms with Crippen molar-refractivity contribution < 1.29 is 0 Å². The van der Waals surface area contributed by atoms with Crippen LogP contribution in [0.3, 0.4) is 0 Å². The van der Waals surface area contributed by atoms with Gasteiger partial charge in [-0.2, -0.15) is 5.26 Å². The van der Waals surface area contributed by atoms with E-state index >= 15 is 0 Å². The SMILES string of the molecule is N#Cc1ccc(-c2cc(=O)c3ccccc3[nH]2)cc1. The lowest BCUT2D eigenvalue weighted by atomic mass is 10.1. The topological polar surface area (TPSA) is 56.6 Å². The maximum absolute atomic E-state index is 12.0. The van der Waals surface area contributed by atoms with E-state index in [1.165, 1.54) is 0 Å². The molecule has 1 aromatic heterocycles. The van der Waals surface area contributed by atoms with Crippen molar-refractivity contribution in [3.05, 3.63) is 70.4 Å². The van der Waals surface area contributed by atoms with Crippen LogP contribution in [-0.4, -0.2) is 4.98 Å². The average Bonchev–Trinajstić information content (AvgIpc) is 2.47. The monoisotopic (exact) mass is 246 g/mol. The summed E-state index contributed by atoms with van der Waals surface area (Å²) in [6.45, 7) is 0. The summed E-state index contributed by atoms with van der Waals surface area (Å²) in [7, 11) is 0. The van der Waals surface area contributed by atoms with Crippen molar-refractivity contribution in [2.24, 2.45) is 0 Å². The molecule has 0 aliphatic carbocycles. The molecule has 0 aliphatic rings. The Morgan fingerprint density at radius 3 is 2.47 bits per heavy atom. The number of nitriles is 1. The zero-order valence-corrected chi connectivity index (χ0v) is 10.1. The lowest BCUT2D eigenvalue weighted by molar-refractivity contribution is 1.38. The lowest BCUT2D eigenvalue weighted by Crippen LogP contribution is -2.02. The highest BCUT2D eigenvalue weighted by molar-refractivity contribution is 5.81. The van der Waals surface area contributed by atoms with Crippen LogP contribution in [-0.2, 0) is 0 Å². The van der Waals surface area contributed by atoms with E-state index in [0.717, 1.165) is 16.8 Å². The van der Waals surface area contributed by atoms with Crippen LogP contribution in [0.2, 0.25) is 0 Å². The fourth-order valence-electron chi connectivity index (χ4n) is 2.08. The molecule has 0 saturated carbocycles. The molecule has 0 radical (unpaired) electrons. The van der Waals surface area contributed by atoms with Crippen molar-refractivity contribution >= 4 is 10.9 Å². The second-order valence-corrected chi connectivity index (χ2v) is 4.28. The average molecular weight is 246 g/mol. The summed E-state index contributed by atoms with van der Waals surface area (Å²) in [6, 6.07) is 18.2. The predicted molar refractivity (Wildman–Crippen MR) is 74.7 cm³/mol. The molecule has 19 heavy (non-hydrogen) atoms. The van der Waals surface area contributed by atoms with Gasteiger partial charge in [0.1, 0.15) is 0 Å². The molecule has 0 amide bonds. The van der Waals surface area contributed by atoms with Gasteiger partial charge in [-0.05, 0) is 29.8 Å². The number of aromatic nitrogens is 1. The highest BCUT2D eigenvalue weighted by atomic mass is 16.1. The van der Waals surface area contributed by atoms with Crippen molar-refractivity contribution in [3.63, 3.8) is 0 Å². The van der Waals surface area contributed by atoms with E-state index in [2.05, 4.69) is 11.1 Å². The molecule has 2 aromatic carbocycles. The zero-order valence-electron chi connectivity index (χ0n) is 10.1. The van der Waals surface area contributed by atoms with E-state index in [1.54, 1.807) is 24.3 Å². The highest BCUT2D eigenvalue weighted by Gasteiger charge is 2.03. The molecule has 0 aliphatic heterocycles. The molecular formula is C16H10N2O. The highest BCUT2D eigenvalue weighted by Crippen LogP contribution is 2.18. The number of pyridine rings is 1. The first-order chi connectivity index (χ1) is 9.28. The molecule has 1 heterocycles. The minimum absolute atomic E-state index is 0.00582. The first-order valence-electron chi connectivity index (χ1n) is 5.90. The van der Waals surface area contributed by atoms with Gasteiger partial charge in [-0.15, -0.1) is 0 Å². The standard InChI is InChI=1S/C16H10N2O/c17-10-11-5-7-12(8-6-11)15-9-16(19)13-3-1-2-4-14(13)18-15/h1-9H,(H,18,19). The van der Waals surface area contributed by atoms with Crippen molar-refractivity contribution in [2.45, 2.75) is 0 Å². The van der Waals surface area contributed by atoms with Gasteiger partial charge in [-0.25, -0.2) is 0 Å². The van der Waals surface area contributed by atoms with Gasteiger partial charge in [0, 0.05) is 22.7 Å². The molecule has 3 rings (SSSR count). The first kappa shape index (κ1) is 11.2. The van der Waals surface area contributed by atoms with E-state index in [1.807, 2.05) is 30.3 Å². The largest absolute Gasteiger partial charge is 0.354 e. The minimum atomic E-state index is -0.00582. The normalized spacial score (nSPS) is 10.3. The molecule has 90 valence electrons. The number of H-pyrrole nitrogens is 1. The van der Waals surface area contributed by atoms with Crippen LogP contribution in [0.25, 0.3) is 22.2 Å². The van der Waals surface area contributed by atoms with Crippen LogP contribution in [0.4, 0.5) is 0 Å². The number of fused-ring (bicyclic) bond motifs is 1. The Labute approximate surface area is 109 Å². The molecule has 1 N–H and O–H groups in total. The second kappa shape index (κ2) is 4.43. The molecule has 0 bridgehead atoms. The van der Waals surface area contributed by atoms with Crippen LogP contribution in [0.15, 0.2) is 59.4 Å². The number of nitrogens with zero attached hydrogens (tertiary/aromatic N) is 1. The molecule has 0 saturated heterocycles. The Bertz CT molecular complexity index is 839. The molecular weight excluding hydrogens is 236 g/mol. The quantitative estimate of drug-likeness (QED) is 0.717. The Balaban J connectivity index is 2.20. The van der Waals surface area contributed by atoms with Crippen LogP contribution in [0.5, 0.6) is 0 Å². The van der Waals surface area contributed by atoms with E-state index in [9.17, 15) is 4.79 Å². The number of para-hydroxylation sites is 1. The third-order valence-corrected chi connectivity index (χ3v) is 3.06. The fraction of sp³-hybridized carbons (Fsp3) is 0. The van der Waals surface area contributed by atoms with Gasteiger partial charge in [0.25, 0.3) is 0 Å². The number of benzene rings is 2. The van der Waals surface area contributed by atoms with Crippen molar-refractivity contribution in [3.8, 4) is 17.3 Å². The number of nitrogens with one attached hydrogen (secondary N) is 1. The second-order valence-electron chi connectivity index (χ2n) is 4.28. The van der Waals surface area contributed by atoms with Crippen LogP contribution < -0.4 is 5.43 Å². The molecule has 0 atom stereocenters. The molecule has 0 fully saturated rings. The molecule has 3 nitrogen and oxygen atoms in total. The Morgan fingerprint density at radius 2 is 1.74 bits per heavy atom. The first-order valence-corrected chi connectivity index (χ1v) is 5.90.